The SMILES string of the molecule is C[SiH](C)N(N=C1CCC(=O)CC1=O)[SiH](C)C. The van der Waals surface area contributed by atoms with Gasteiger partial charge in [0.25, 0.3) is 0 Å². The first-order valence-corrected chi connectivity index (χ1v) is 11.5. The normalized spacial score (nSPS) is 20.0. The summed E-state index contributed by atoms with van der Waals surface area (Å²) >= 11 is 0. The van der Waals surface area contributed by atoms with E-state index in [9.17, 15) is 9.59 Å². The second kappa shape index (κ2) is 5.54. The predicted molar refractivity (Wildman–Crippen MR) is 70.9 cm³/mol. The van der Waals surface area contributed by atoms with Crippen molar-refractivity contribution in [2.45, 2.75) is 45.5 Å². The molecular weight excluding hydrogens is 236 g/mol. The highest BCUT2D eigenvalue weighted by atomic mass is 28.3. The van der Waals surface area contributed by atoms with Crippen LogP contribution in [0.4, 0.5) is 0 Å². The van der Waals surface area contributed by atoms with Crippen LogP contribution in [0.1, 0.15) is 19.3 Å². The summed E-state index contributed by atoms with van der Waals surface area (Å²) in [6.45, 7) is 8.87. The standard InChI is InChI=1S/C10H20N2O2Si2/c1-15(2)12(16(3)4)11-9-6-5-8(13)7-10(9)14/h15-16H,5-7H2,1-4H3. The topological polar surface area (TPSA) is 49.7 Å². The minimum atomic E-state index is -0.987. The molecule has 16 heavy (non-hydrogen) atoms. The van der Waals surface area contributed by atoms with E-state index in [2.05, 4.69) is 35.6 Å². The van der Waals surface area contributed by atoms with Gasteiger partial charge in [-0.2, -0.15) is 5.10 Å². The Morgan fingerprint density at radius 2 is 1.62 bits per heavy atom. The fourth-order valence-electron chi connectivity index (χ4n) is 1.84. The zero-order valence-corrected chi connectivity index (χ0v) is 12.8. The molecule has 0 radical (unpaired) electrons. The van der Waals surface area contributed by atoms with Gasteiger partial charge < -0.3 is 4.34 Å². The van der Waals surface area contributed by atoms with E-state index in [0.717, 1.165) is 0 Å². The fourth-order valence-corrected chi connectivity index (χ4v) is 7.35. The lowest BCUT2D eigenvalue weighted by Crippen LogP contribution is -2.41. The average molecular weight is 256 g/mol. The molecule has 0 aliphatic heterocycles. The molecule has 1 aliphatic rings. The number of hydrogen-bond donors (Lipinski definition) is 0. The van der Waals surface area contributed by atoms with Crippen molar-refractivity contribution in [2.24, 2.45) is 5.10 Å². The zero-order chi connectivity index (χ0) is 12.3. The Hall–Kier alpha value is -0.756. The molecule has 1 rings (SSSR count). The van der Waals surface area contributed by atoms with E-state index in [1.165, 1.54) is 0 Å². The minimum absolute atomic E-state index is 0.0547. The predicted octanol–water partition coefficient (Wildman–Crippen LogP) is 0.933. The number of Topliss-reactive ketones (excluding diaryl/α,β-unsaturated/α-hetero) is 2. The van der Waals surface area contributed by atoms with Crippen LogP contribution in [0.3, 0.4) is 0 Å². The fraction of sp³-hybridized carbons (Fsp3) is 0.700. The Labute approximate surface area is 100 Å². The summed E-state index contributed by atoms with van der Waals surface area (Å²) in [5.74, 6) is -0.00960. The second-order valence-corrected chi connectivity index (χ2v) is 10.8. The lowest BCUT2D eigenvalue weighted by atomic mass is 9.96. The molecule has 4 nitrogen and oxygen atoms in total. The van der Waals surface area contributed by atoms with Gasteiger partial charge in [-0.3, -0.25) is 9.59 Å². The van der Waals surface area contributed by atoms with E-state index in [-0.39, 0.29) is 18.0 Å². The maximum absolute atomic E-state index is 11.6. The number of hydrogen-bond acceptors (Lipinski definition) is 4. The maximum Gasteiger partial charge on any atom is 0.186 e. The summed E-state index contributed by atoms with van der Waals surface area (Å²) in [4.78, 5) is 22.7. The third kappa shape index (κ3) is 3.38. The van der Waals surface area contributed by atoms with Crippen LogP contribution < -0.4 is 0 Å². The van der Waals surface area contributed by atoms with Crippen LogP contribution in [0.15, 0.2) is 5.10 Å². The second-order valence-electron chi connectivity index (χ2n) is 4.75. The van der Waals surface area contributed by atoms with Gasteiger partial charge in [-0.1, -0.05) is 26.2 Å². The highest BCUT2D eigenvalue weighted by Crippen LogP contribution is 2.11. The molecule has 0 amide bonds. The summed E-state index contributed by atoms with van der Waals surface area (Å²) in [5.41, 5.74) is 0.627. The highest BCUT2D eigenvalue weighted by Gasteiger charge is 2.24. The van der Waals surface area contributed by atoms with Crippen LogP contribution in [0.5, 0.6) is 0 Å². The number of carbonyl (C=O) groups is 2. The first kappa shape index (κ1) is 13.3. The van der Waals surface area contributed by atoms with E-state index < -0.39 is 17.9 Å². The molecule has 0 heterocycles. The molecule has 0 atom stereocenters. The molecule has 0 aromatic carbocycles. The van der Waals surface area contributed by atoms with Gasteiger partial charge in [0.1, 0.15) is 29.4 Å². The molecule has 6 heteroatoms. The Kier molecular flexibility index (Phi) is 4.60. The van der Waals surface area contributed by atoms with Gasteiger partial charge in [-0.15, -0.1) is 0 Å². The van der Waals surface area contributed by atoms with Crippen LogP contribution >= 0.6 is 0 Å². The smallest absolute Gasteiger partial charge is 0.186 e. The molecule has 1 saturated carbocycles. The molecule has 0 N–H and O–H groups in total. The van der Waals surface area contributed by atoms with Crippen molar-refractivity contribution >= 4 is 35.2 Å². The molecule has 0 unspecified atom stereocenters. The van der Waals surface area contributed by atoms with Gasteiger partial charge in [0.05, 0.1) is 6.42 Å². The first-order chi connectivity index (χ1) is 7.41. The van der Waals surface area contributed by atoms with Crippen LogP contribution in [0, 0.1) is 0 Å². The lowest BCUT2D eigenvalue weighted by molar-refractivity contribution is -0.125. The van der Waals surface area contributed by atoms with Crippen LogP contribution in [-0.2, 0) is 9.59 Å². The van der Waals surface area contributed by atoms with E-state index in [0.29, 0.717) is 18.6 Å². The van der Waals surface area contributed by atoms with Crippen LogP contribution in [0.2, 0.25) is 26.2 Å². The molecule has 0 aromatic rings. The van der Waals surface area contributed by atoms with Crippen molar-refractivity contribution in [3.8, 4) is 0 Å². The average Bonchev–Trinajstić information content (AvgIpc) is 2.15. The van der Waals surface area contributed by atoms with E-state index in [1.807, 2.05) is 0 Å². The third-order valence-electron chi connectivity index (χ3n) is 2.61. The molecule has 0 aromatic heterocycles. The molecule has 0 saturated heterocycles. The van der Waals surface area contributed by atoms with E-state index >= 15 is 0 Å². The summed E-state index contributed by atoms with van der Waals surface area (Å²) < 4.78 is 2.20. The summed E-state index contributed by atoms with van der Waals surface area (Å²) in [6, 6.07) is 0. The van der Waals surface area contributed by atoms with Gasteiger partial charge in [0.2, 0.25) is 0 Å². The van der Waals surface area contributed by atoms with Crippen molar-refractivity contribution in [1.82, 2.24) is 4.34 Å². The summed E-state index contributed by atoms with van der Waals surface area (Å²) in [6.07, 6.45) is 1.08. The molecule has 0 bridgehead atoms. The van der Waals surface area contributed by atoms with E-state index in [4.69, 9.17) is 0 Å². The minimum Gasteiger partial charge on any atom is -0.355 e. The van der Waals surface area contributed by atoms with Crippen LogP contribution in [-0.4, -0.2) is 39.5 Å². The monoisotopic (exact) mass is 256 g/mol. The zero-order valence-electron chi connectivity index (χ0n) is 10.5. The van der Waals surface area contributed by atoms with Crippen molar-refractivity contribution in [2.75, 3.05) is 0 Å². The Morgan fingerprint density at radius 1 is 1.06 bits per heavy atom. The maximum atomic E-state index is 11.6. The van der Waals surface area contributed by atoms with Crippen molar-refractivity contribution in [1.29, 1.82) is 0 Å². The number of hydrazone groups is 1. The number of nitrogens with zero attached hydrogens (tertiary/aromatic N) is 2. The van der Waals surface area contributed by atoms with E-state index in [1.54, 1.807) is 0 Å². The van der Waals surface area contributed by atoms with Crippen molar-refractivity contribution in [3.63, 3.8) is 0 Å². The third-order valence-corrected chi connectivity index (χ3v) is 8.54. The number of ketones is 2. The van der Waals surface area contributed by atoms with Gasteiger partial charge in [0.15, 0.2) is 5.78 Å². The lowest BCUT2D eigenvalue weighted by Gasteiger charge is -2.28. The molecule has 90 valence electrons. The summed E-state index contributed by atoms with van der Waals surface area (Å²) in [7, 11) is -1.97. The Bertz CT molecular complexity index is 319. The van der Waals surface area contributed by atoms with Gasteiger partial charge in [0, 0.05) is 12.8 Å². The van der Waals surface area contributed by atoms with Crippen molar-refractivity contribution < 1.29 is 9.59 Å². The Balaban J connectivity index is 2.81. The quantitative estimate of drug-likeness (QED) is 0.429. The molecule has 1 fully saturated rings. The number of rotatable bonds is 3. The molecular formula is C10H20N2O2Si2. The van der Waals surface area contributed by atoms with Gasteiger partial charge in [-0.25, -0.2) is 0 Å². The Morgan fingerprint density at radius 3 is 2.06 bits per heavy atom. The van der Waals surface area contributed by atoms with Gasteiger partial charge in [-0.05, 0) is 0 Å². The largest absolute Gasteiger partial charge is 0.355 e. The van der Waals surface area contributed by atoms with Gasteiger partial charge >= 0.3 is 0 Å². The summed E-state index contributed by atoms with van der Waals surface area (Å²) in [5, 5.41) is 4.52. The molecule has 1 aliphatic carbocycles. The van der Waals surface area contributed by atoms with Crippen molar-refractivity contribution in [3.05, 3.63) is 0 Å². The van der Waals surface area contributed by atoms with Crippen LogP contribution in [0.25, 0.3) is 0 Å². The molecule has 0 spiro atoms. The highest BCUT2D eigenvalue weighted by molar-refractivity contribution is 6.70. The number of carbonyl (C=O) groups excluding carboxylic acids is 2. The first-order valence-electron chi connectivity index (χ1n) is 5.82.